The van der Waals surface area contributed by atoms with E-state index in [-0.39, 0.29) is 30.0 Å². The molecule has 1 N–H and O–H groups in total. The van der Waals surface area contributed by atoms with Gasteiger partial charge in [-0.1, -0.05) is 13.8 Å². The van der Waals surface area contributed by atoms with Crippen LogP contribution in [0.25, 0.3) is 0 Å². The lowest BCUT2D eigenvalue weighted by atomic mass is 9.58. The predicted molar refractivity (Wildman–Crippen MR) is 153 cm³/mol. The van der Waals surface area contributed by atoms with Crippen molar-refractivity contribution in [2.24, 2.45) is 11.8 Å². The molecule has 7 nitrogen and oxygen atoms in total. The zero-order chi connectivity index (χ0) is 27.7. The number of aliphatic hydroxyl groups is 1. The Morgan fingerprint density at radius 3 is 2.05 bits per heavy atom. The first-order valence-corrected chi connectivity index (χ1v) is 14.6. The van der Waals surface area contributed by atoms with Gasteiger partial charge >= 0.3 is 0 Å². The van der Waals surface area contributed by atoms with Crippen LogP contribution in [0.15, 0.2) is 24.3 Å². The van der Waals surface area contributed by atoms with Crippen molar-refractivity contribution in [1.29, 1.82) is 0 Å². The van der Waals surface area contributed by atoms with E-state index in [1.807, 2.05) is 0 Å². The van der Waals surface area contributed by atoms with Crippen LogP contribution >= 0.6 is 0 Å². The molecule has 0 radical (unpaired) electrons. The molecule has 2 heterocycles. The van der Waals surface area contributed by atoms with E-state index in [0.29, 0.717) is 0 Å². The van der Waals surface area contributed by atoms with E-state index >= 15 is 0 Å². The smallest absolute Gasteiger partial charge is 0.161 e. The predicted octanol–water partition coefficient (Wildman–Crippen LogP) is 4.82. The van der Waals surface area contributed by atoms with Gasteiger partial charge in [0.25, 0.3) is 0 Å². The first-order chi connectivity index (χ1) is 19.0. The number of nitrogens with zero attached hydrogens (tertiary/aromatic N) is 2. The molecular weight excluding hydrogens is 492 g/mol. The maximum Gasteiger partial charge on any atom is 0.161 e. The van der Waals surface area contributed by atoms with E-state index in [4.69, 9.17) is 18.9 Å². The first kappa shape index (κ1) is 28.1. The van der Waals surface area contributed by atoms with Gasteiger partial charge in [-0.15, -0.1) is 0 Å². The molecule has 1 fully saturated rings. The SMILES string of the molecule is CCN1CCc2cc(OC)c(OC)cc2C1C1CC(CO)CCC12c1cc(OC)c(OC)cc1CCN2CC. The van der Waals surface area contributed by atoms with Crippen molar-refractivity contribution >= 4 is 0 Å². The van der Waals surface area contributed by atoms with Gasteiger partial charge in [0.2, 0.25) is 0 Å². The molecule has 2 aromatic rings. The molecule has 39 heavy (non-hydrogen) atoms. The average molecular weight is 539 g/mol. The number of fused-ring (bicyclic) bond motifs is 3. The Morgan fingerprint density at radius 2 is 1.44 bits per heavy atom. The zero-order valence-electron chi connectivity index (χ0n) is 24.6. The highest BCUT2D eigenvalue weighted by Gasteiger charge is 2.55. The number of aliphatic hydroxyl groups excluding tert-OH is 1. The van der Waals surface area contributed by atoms with Crippen molar-refractivity contribution in [3.05, 3.63) is 46.5 Å². The zero-order valence-corrected chi connectivity index (χ0v) is 24.6. The van der Waals surface area contributed by atoms with Crippen LogP contribution in [0.3, 0.4) is 0 Å². The van der Waals surface area contributed by atoms with Crippen LogP contribution in [0.1, 0.15) is 61.4 Å². The van der Waals surface area contributed by atoms with Crippen molar-refractivity contribution in [1.82, 2.24) is 9.80 Å². The Morgan fingerprint density at radius 1 is 0.821 bits per heavy atom. The first-order valence-electron chi connectivity index (χ1n) is 14.6. The third-order valence-corrected chi connectivity index (χ3v) is 9.88. The summed E-state index contributed by atoms with van der Waals surface area (Å²) in [6, 6.07) is 9.08. The van der Waals surface area contributed by atoms with Crippen molar-refractivity contribution in [2.75, 3.05) is 61.2 Å². The maximum atomic E-state index is 10.4. The van der Waals surface area contributed by atoms with Crippen LogP contribution in [-0.2, 0) is 18.4 Å². The largest absolute Gasteiger partial charge is 0.493 e. The molecule has 0 aromatic heterocycles. The van der Waals surface area contributed by atoms with E-state index < -0.39 is 0 Å². The van der Waals surface area contributed by atoms with Crippen molar-refractivity contribution in [3.8, 4) is 23.0 Å². The fourth-order valence-electron chi connectivity index (χ4n) is 8.02. The highest BCUT2D eigenvalue weighted by Crippen LogP contribution is 2.58. The van der Waals surface area contributed by atoms with E-state index in [0.717, 1.165) is 81.3 Å². The Bertz CT molecular complexity index is 1170. The van der Waals surface area contributed by atoms with Crippen LogP contribution in [0.4, 0.5) is 0 Å². The number of ether oxygens (including phenoxy) is 4. The van der Waals surface area contributed by atoms with Crippen molar-refractivity contribution in [2.45, 2.75) is 57.5 Å². The number of rotatable bonds is 8. The minimum absolute atomic E-state index is 0.173. The number of hydrogen-bond donors (Lipinski definition) is 1. The number of hydrogen-bond acceptors (Lipinski definition) is 7. The highest BCUT2D eigenvalue weighted by molar-refractivity contribution is 5.53. The summed E-state index contributed by atoms with van der Waals surface area (Å²) < 4.78 is 23.1. The Kier molecular flexibility index (Phi) is 8.32. The second-order valence-electron chi connectivity index (χ2n) is 11.3. The van der Waals surface area contributed by atoms with Crippen molar-refractivity contribution < 1.29 is 24.1 Å². The highest BCUT2D eigenvalue weighted by atomic mass is 16.5. The second-order valence-corrected chi connectivity index (χ2v) is 11.3. The van der Waals surface area contributed by atoms with Gasteiger partial charge in [0.1, 0.15) is 0 Å². The maximum absolute atomic E-state index is 10.4. The third kappa shape index (κ3) is 4.56. The molecule has 2 aliphatic heterocycles. The van der Waals surface area contributed by atoms with Gasteiger partial charge < -0.3 is 24.1 Å². The van der Waals surface area contributed by atoms with Gasteiger partial charge in [-0.3, -0.25) is 9.80 Å². The quantitative estimate of drug-likeness (QED) is 0.517. The Hall–Kier alpha value is -2.48. The molecule has 0 bridgehead atoms. The lowest BCUT2D eigenvalue weighted by molar-refractivity contribution is -0.0731. The van der Waals surface area contributed by atoms with Crippen molar-refractivity contribution in [3.63, 3.8) is 0 Å². The molecule has 0 amide bonds. The molecule has 7 heteroatoms. The topological polar surface area (TPSA) is 63.6 Å². The van der Waals surface area contributed by atoms with Crippen LogP contribution in [0.5, 0.6) is 23.0 Å². The molecular formula is C32H46N2O5. The molecule has 3 aliphatic rings. The molecule has 2 aromatic carbocycles. The fraction of sp³-hybridized carbons (Fsp3) is 0.625. The lowest BCUT2D eigenvalue weighted by Crippen LogP contribution is -2.60. The molecule has 1 spiro atoms. The summed E-state index contributed by atoms with van der Waals surface area (Å²) in [5.41, 5.74) is 5.24. The van der Waals surface area contributed by atoms with Crippen LogP contribution in [-0.4, -0.2) is 76.1 Å². The van der Waals surface area contributed by atoms with Gasteiger partial charge in [0.15, 0.2) is 23.0 Å². The Balaban J connectivity index is 1.75. The molecule has 1 aliphatic carbocycles. The summed E-state index contributed by atoms with van der Waals surface area (Å²) >= 11 is 0. The Labute approximate surface area is 234 Å². The third-order valence-electron chi connectivity index (χ3n) is 9.88. The number of benzene rings is 2. The average Bonchev–Trinajstić information content (AvgIpc) is 2.99. The van der Waals surface area contributed by atoms with E-state index in [2.05, 4.69) is 47.9 Å². The molecule has 4 atom stereocenters. The molecule has 1 saturated carbocycles. The van der Waals surface area contributed by atoms with E-state index in [1.165, 1.54) is 22.3 Å². The molecule has 4 unspecified atom stereocenters. The molecule has 0 saturated heterocycles. The molecule has 5 rings (SSSR count). The van der Waals surface area contributed by atoms with Crippen LogP contribution in [0.2, 0.25) is 0 Å². The summed E-state index contributed by atoms with van der Waals surface area (Å²) in [5.74, 6) is 3.73. The fourth-order valence-corrected chi connectivity index (χ4v) is 8.02. The van der Waals surface area contributed by atoms with Gasteiger partial charge in [-0.05, 0) is 97.6 Å². The van der Waals surface area contributed by atoms with Gasteiger partial charge in [0, 0.05) is 31.7 Å². The lowest BCUT2D eigenvalue weighted by Gasteiger charge is -2.59. The summed E-state index contributed by atoms with van der Waals surface area (Å²) in [5, 5.41) is 10.4. The van der Waals surface area contributed by atoms with Crippen LogP contribution < -0.4 is 18.9 Å². The monoisotopic (exact) mass is 538 g/mol. The van der Waals surface area contributed by atoms with Gasteiger partial charge in [-0.2, -0.15) is 0 Å². The van der Waals surface area contributed by atoms with E-state index in [9.17, 15) is 5.11 Å². The summed E-state index contributed by atoms with van der Waals surface area (Å²) in [6.07, 6.45) is 4.97. The van der Waals surface area contributed by atoms with Gasteiger partial charge in [0.05, 0.1) is 34.0 Å². The minimum atomic E-state index is -0.173. The molecule has 214 valence electrons. The summed E-state index contributed by atoms with van der Waals surface area (Å²) in [4.78, 5) is 5.38. The normalized spacial score (nSPS) is 27.1. The second kappa shape index (κ2) is 11.6. The summed E-state index contributed by atoms with van der Waals surface area (Å²) in [6.45, 7) is 8.77. The number of likely N-dealkylation sites (N-methyl/N-ethyl adjacent to an activating group) is 2. The standard InChI is InChI=1S/C32H46N2O5/c1-7-33-13-10-22-16-27(36-3)29(38-5)18-24(22)31(33)26-15-21(20-35)9-12-32(26)25-19-30(39-6)28(37-4)17-23(25)11-14-34(32)8-2/h16-19,21,26,31,35H,7-15,20H2,1-6H3. The van der Waals surface area contributed by atoms with E-state index in [1.54, 1.807) is 28.4 Å². The van der Waals surface area contributed by atoms with Crippen LogP contribution in [0, 0.1) is 11.8 Å². The minimum Gasteiger partial charge on any atom is -0.493 e. The van der Waals surface area contributed by atoms with Gasteiger partial charge in [-0.25, -0.2) is 0 Å². The summed E-state index contributed by atoms with van der Waals surface area (Å²) in [7, 11) is 6.88. The number of methoxy groups -OCH3 is 4.